The maximum atomic E-state index is 10.6. The average Bonchev–Trinajstić information content (AvgIpc) is 2.09. The van der Waals surface area contributed by atoms with Crippen molar-refractivity contribution in [1.29, 1.82) is 0 Å². The van der Waals surface area contributed by atoms with Crippen LogP contribution in [0, 0.1) is 0 Å². The highest BCUT2D eigenvalue weighted by atomic mass is 32.2. The molecule has 1 aromatic carbocycles. The van der Waals surface area contributed by atoms with Gasteiger partial charge in [-0.15, -0.1) is 0 Å². The molecule has 0 spiro atoms. The number of rotatable bonds is 3. The Bertz CT molecular complexity index is 334. The van der Waals surface area contributed by atoms with E-state index >= 15 is 0 Å². The number of thiol groups is 1. The lowest BCUT2D eigenvalue weighted by Gasteiger charge is -2.06. The largest absolute Gasteiger partial charge is 0.508 e. The van der Waals surface area contributed by atoms with Gasteiger partial charge in [0.2, 0.25) is 0 Å². The average molecular weight is 202 g/mol. The van der Waals surface area contributed by atoms with E-state index in [1.54, 1.807) is 0 Å². The molecule has 0 aliphatic rings. The Morgan fingerprint density at radius 3 is 2.15 bits per heavy atom. The summed E-state index contributed by atoms with van der Waals surface area (Å²) in [6.45, 7) is -0.441. The molecule has 0 aromatic heterocycles. The van der Waals surface area contributed by atoms with Crippen LogP contribution in [-0.4, -0.2) is 25.2 Å². The van der Waals surface area contributed by atoms with Gasteiger partial charge in [0.15, 0.2) is 0 Å². The molecule has 1 rings (SSSR count). The highest BCUT2D eigenvalue weighted by molar-refractivity contribution is 7.72. The second-order valence-electron chi connectivity index (χ2n) is 2.58. The lowest BCUT2D eigenvalue weighted by Crippen LogP contribution is -2.05. The van der Waals surface area contributed by atoms with Gasteiger partial charge in [0.25, 0.3) is 0 Å². The second kappa shape index (κ2) is 4.25. The summed E-state index contributed by atoms with van der Waals surface area (Å²) in [4.78, 5) is 0. The minimum absolute atomic E-state index is 0.0709. The second-order valence-corrected chi connectivity index (χ2v) is 3.77. The minimum Gasteiger partial charge on any atom is -0.508 e. The third-order valence-electron chi connectivity index (χ3n) is 1.71. The molecule has 1 atom stereocenters. The first kappa shape index (κ1) is 10.0. The van der Waals surface area contributed by atoms with E-state index in [1.165, 1.54) is 24.3 Å². The van der Waals surface area contributed by atoms with E-state index in [-0.39, 0.29) is 5.75 Å². The summed E-state index contributed by atoms with van der Waals surface area (Å²) < 4.78 is 21.3. The number of hydrogen-bond acceptors (Lipinski definition) is 4. The van der Waals surface area contributed by atoms with Gasteiger partial charge in [-0.25, -0.2) is 8.42 Å². The third-order valence-corrected chi connectivity index (χ3v) is 2.68. The molecule has 0 radical (unpaired) electrons. The van der Waals surface area contributed by atoms with Gasteiger partial charge < -0.3 is 10.2 Å². The smallest absolute Gasteiger partial charge is 0.149 e. The Morgan fingerprint density at radius 2 is 1.77 bits per heavy atom. The normalized spacial score (nSPS) is 13.1. The SMILES string of the molecule is O=[SH](=O)C(CO)c1ccc(O)cc1. The molecule has 0 aliphatic carbocycles. The van der Waals surface area contributed by atoms with Crippen LogP contribution in [0.15, 0.2) is 24.3 Å². The minimum atomic E-state index is -2.68. The highest BCUT2D eigenvalue weighted by Crippen LogP contribution is 2.18. The molecule has 0 amide bonds. The Hall–Kier alpha value is -1.07. The highest BCUT2D eigenvalue weighted by Gasteiger charge is 2.12. The zero-order chi connectivity index (χ0) is 9.84. The van der Waals surface area contributed by atoms with Crippen molar-refractivity contribution in [2.45, 2.75) is 5.25 Å². The molecule has 0 aliphatic heterocycles. The Balaban J connectivity index is 2.99. The van der Waals surface area contributed by atoms with Crippen LogP contribution in [0.25, 0.3) is 0 Å². The van der Waals surface area contributed by atoms with Gasteiger partial charge in [0.1, 0.15) is 21.7 Å². The molecule has 0 bridgehead atoms. The standard InChI is InChI=1S/C8H10O4S/c9-5-8(13(11)12)6-1-3-7(10)4-2-6/h1-4,8-10,13H,5H2. The molecule has 13 heavy (non-hydrogen) atoms. The van der Waals surface area contributed by atoms with Gasteiger partial charge in [0.05, 0.1) is 6.61 Å². The number of hydrogen-bond donors (Lipinski definition) is 3. The molecule has 5 heteroatoms. The Labute approximate surface area is 77.4 Å². The van der Waals surface area contributed by atoms with Gasteiger partial charge in [-0.1, -0.05) is 12.1 Å². The Kier molecular flexibility index (Phi) is 3.27. The van der Waals surface area contributed by atoms with Crippen LogP contribution in [0.4, 0.5) is 0 Å². The molecule has 0 saturated carbocycles. The molecule has 0 fully saturated rings. The molecule has 1 unspecified atom stereocenters. The topological polar surface area (TPSA) is 74.6 Å². The first-order chi connectivity index (χ1) is 6.15. The van der Waals surface area contributed by atoms with Crippen molar-refractivity contribution in [3.05, 3.63) is 29.8 Å². The van der Waals surface area contributed by atoms with Crippen molar-refractivity contribution >= 4 is 10.7 Å². The van der Waals surface area contributed by atoms with E-state index in [9.17, 15) is 8.42 Å². The molecule has 72 valence electrons. The molecule has 0 saturated heterocycles. The van der Waals surface area contributed by atoms with Gasteiger partial charge in [0, 0.05) is 0 Å². The third kappa shape index (κ3) is 2.43. The molecular formula is C8H10O4S. The van der Waals surface area contributed by atoms with Crippen molar-refractivity contribution < 1.29 is 18.6 Å². The number of phenols is 1. The summed E-state index contributed by atoms with van der Waals surface area (Å²) in [7, 11) is -2.68. The van der Waals surface area contributed by atoms with Crippen LogP contribution < -0.4 is 0 Å². The number of aliphatic hydroxyl groups excluding tert-OH is 1. The van der Waals surface area contributed by atoms with Crippen LogP contribution in [-0.2, 0) is 10.7 Å². The first-order valence-electron chi connectivity index (χ1n) is 3.68. The number of aromatic hydroxyl groups is 1. The Morgan fingerprint density at radius 1 is 1.23 bits per heavy atom. The van der Waals surface area contributed by atoms with Crippen molar-refractivity contribution in [1.82, 2.24) is 0 Å². The van der Waals surface area contributed by atoms with Gasteiger partial charge in [-0.3, -0.25) is 0 Å². The fourth-order valence-electron chi connectivity index (χ4n) is 0.990. The summed E-state index contributed by atoms with van der Waals surface area (Å²) in [5.74, 6) is 0.0709. The fraction of sp³-hybridized carbons (Fsp3) is 0.250. The summed E-state index contributed by atoms with van der Waals surface area (Å²) in [6, 6.07) is 5.72. The van der Waals surface area contributed by atoms with Crippen LogP contribution >= 0.6 is 0 Å². The van der Waals surface area contributed by atoms with E-state index in [4.69, 9.17) is 10.2 Å². The maximum absolute atomic E-state index is 10.6. The van der Waals surface area contributed by atoms with Gasteiger partial charge >= 0.3 is 0 Å². The van der Waals surface area contributed by atoms with Crippen LogP contribution in [0.1, 0.15) is 10.8 Å². The first-order valence-corrected chi connectivity index (χ1v) is 4.93. The number of benzene rings is 1. The zero-order valence-electron chi connectivity index (χ0n) is 6.75. The fourth-order valence-corrected chi connectivity index (χ4v) is 1.54. The van der Waals surface area contributed by atoms with E-state index in [0.29, 0.717) is 5.56 Å². The van der Waals surface area contributed by atoms with Crippen molar-refractivity contribution in [2.24, 2.45) is 0 Å². The van der Waals surface area contributed by atoms with E-state index in [2.05, 4.69) is 0 Å². The van der Waals surface area contributed by atoms with E-state index in [0.717, 1.165) is 0 Å². The van der Waals surface area contributed by atoms with Crippen molar-refractivity contribution in [3.63, 3.8) is 0 Å². The van der Waals surface area contributed by atoms with Crippen LogP contribution in [0.5, 0.6) is 5.75 Å². The molecule has 2 N–H and O–H groups in total. The zero-order valence-corrected chi connectivity index (χ0v) is 7.65. The van der Waals surface area contributed by atoms with E-state index < -0.39 is 22.6 Å². The molecule has 0 heterocycles. The number of aliphatic hydroxyl groups is 1. The van der Waals surface area contributed by atoms with Crippen molar-refractivity contribution in [2.75, 3.05) is 6.61 Å². The summed E-state index contributed by atoms with van der Waals surface area (Å²) >= 11 is 0. The van der Waals surface area contributed by atoms with E-state index in [1.807, 2.05) is 0 Å². The lowest BCUT2D eigenvalue weighted by molar-refractivity contribution is 0.293. The molecule has 1 aromatic rings. The monoisotopic (exact) mass is 202 g/mol. The van der Waals surface area contributed by atoms with Crippen molar-refractivity contribution in [3.8, 4) is 5.75 Å². The molecule has 4 nitrogen and oxygen atoms in total. The summed E-state index contributed by atoms with van der Waals surface area (Å²) in [6.07, 6.45) is 0. The predicted octanol–water partition coefficient (Wildman–Crippen LogP) is 0.0370. The maximum Gasteiger partial charge on any atom is 0.149 e. The quantitative estimate of drug-likeness (QED) is 0.605. The van der Waals surface area contributed by atoms with Gasteiger partial charge in [-0.2, -0.15) is 0 Å². The van der Waals surface area contributed by atoms with Crippen LogP contribution in [0.2, 0.25) is 0 Å². The summed E-state index contributed by atoms with van der Waals surface area (Å²) in [5.41, 5.74) is 0.483. The lowest BCUT2D eigenvalue weighted by atomic mass is 10.1. The summed E-state index contributed by atoms with van der Waals surface area (Å²) in [5, 5.41) is 16.8. The van der Waals surface area contributed by atoms with Crippen LogP contribution in [0.3, 0.4) is 0 Å². The van der Waals surface area contributed by atoms with Gasteiger partial charge in [-0.05, 0) is 17.7 Å². The number of phenolic OH excluding ortho intramolecular Hbond substituents is 1. The predicted molar refractivity (Wildman–Crippen MR) is 48.2 cm³/mol. The molecular weight excluding hydrogens is 192 g/mol.